The second-order valence-electron chi connectivity index (χ2n) is 5.41. The number of nitrogens with one attached hydrogen (secondary N) is 1. The van der Waals surface area contributed by atoms with Gasteiger partial charge in [-0.2, -0.15) is 13.2 Å². The number of carbonyl (C=O) groups excluding carboxylic acids is 2. The molecule has 5 nitrogen and oxygen atoms in total. The number of rotatable bonds is 5. The van der Waals surface area contributed by atoms with Crippen LogP contribution in [0.15, 0.2) is 42.5 Å². The Hall–Kier alpha value is -3.03. The fourth-order valence-electron chi connectivity index (χ4n) is 2.16. The second-order valence-corrected chi connectivity index (χ2v) is 5.41. The Morgan fingerprint density at radius 2 is 1.85 bits per heavy atom. The van der Waals surface area contributed by atoms with Crippen LogP contribution in [-0.2, 0) is 15.7 Å². The molecular formula is C18H16F3NO4. The largest absolute Gasteiger partial charge is 0.496 e. The molecule has 0 atom stereocenters. The third-order valence-electron chi connectivity index (χ3n) is 3.38. The van der Waals surface area contributed by atoms with Crippen molar-refractivity contribution in [3.05, 3.63) is 59.2 Å². The zero-order chi connectivity index (χ0) is 19.3. The quantitative estimate of drug-likeness (QED) is 0.816. The van der Waals surface area contributed by atoms with Crippen LogP contribution in [0.25, 0.3) is 0 Å². The third-order valence-corrected chi connectivity index (χ3v) is 3.38. The van der Waals surface area contributed by atoms with E-state index in [4.69, 9.17) is 9.47 Å². The van der Waals surface area contributed by atoms with Gasteiger partial charge in [-0.3, -0.25) is 4.79 Å². The summed E-state index contributed by atoms with van der Waals surface area (Å²) >= 11 is 0. The van der Waals surface area contributed by atoms with Crippen LogP contribution >= 0.6 is 0 Å². The van der Waals surface area contributed by atoms with Gasteiger partial charge in [0, 0.05) is 5.69 Å². The first-order valence-corrected chi connectivity index (χ1v) is 7.49. The van der Waals surface area contributed by atoms with Crippen molar-refractivity contribution in [3.63, 3.8) is 0 Å². The molecule has 138 valence electrons. The van der Waals surface area contributed by atoms with E-state index < -0.39 is 30.2 Å². The average Bonchev–Trinajstić information content (AvgIpc) is 2.59. The maximum Gasteiger partial charge on any atom is 0.416 e. The minimum absolute atomic E-state index is 0.0472. The minimum Gasteiger partial charge on any atom is -0.496 e. The molecule has 0 spiro atoms. The molecule has 0 saturated heterocycles. The number of alkyl halides is 3. The molecule has 0 saturated carbocycles. The molecule has 0 aliphatic heterocycles. The van der Waals surface area contributed by atoms with Crippen LogP contribution in [0.3, 0.4) is 0 Å². The van der Waals surface area contributed by atoms with Gasteiger partial charge >= 0.3 is 12.1 Å². The first-order valence-electron chi connectivity index (χ1n) is 7.49. The van der Waals surface area contributed by atoms with Crippen LogP contribution in [0.1, 0.15) is 21.5 Å². The van der Waals surface area contributed by atoms with Gasteiger partial charge in [-0.15, -0.1) is 0 Å². The van der Waals surface area contributed by atoms with E-state index in [1.54, 1.807) is 25.1 Å². The highest BCUT2D eigenvalue weighted by Gasteiger charge is 2.30. The number of ether oxygens (including phenoxy) is 2. The van der Waals surface area contributed by atoms with Gasteiger partial charge < -0.3 is 14.8 Å². The lowest BCUT2D eigenvalue weighted by molar-refractivity contribution is -0.137. The van der Waals surface area contributed by atoms with Gasteiger partial charge in [0.15, 0.2) is 6.61 Å². The molecule has 0 aromatic heterocycles. The summed E-state index contributed by atoms with van der Waals surface area (Å²) in [5, 5.41) is 2.25. The van der Waals surface area contributed by atoms with E-state index in [1.165, 1.54) is 19.2 Å². The van der Waals surface area contributed by atoms with Gasteiger partial charge in [0.1, 0.15) is 11.3 Å². The lowest BCUT2D eigenvalue weighted by Gasteiger charge is -2.11. The summed E-state index contributed by atoms with van der Waals surface area (Å²) in [6.45, 7) is 1.13. The fourth-order valence-corrected chi connectivity index (χ4v) is 2.16. The van der Waals surface area contributed by atoms with E-state index in [-0.39, 0.29) is 11.3 Å². The Balaban J connectivity index is 1.99. The van der Waals surface area contributed by atoms with Crippen LogP contribution in [0.4, 0.5) is 18.9 Å². The van der Waals surface area contributed by atoms with E-state index in [2.05, 4.69) is 5.32 Å². The van der Waals surface area contributed by atoms with Crippen molar-refractivity contribution in [2.75, 3.05) is 19.0 Å². The summed E-state index contributed by atoms with van der Waals surface area (Å²) in [7, 11) is 1.39. The number of benzene rings is 2. The van der Waals surface area contributed by atoms with Crippen molar-refractivity contribution in [2.45, 2.75) is 13.1 Å². The molecule has 2 aromatic rings. The van der Waals surface area contributed by atoms with Crippen molar-refractivity contribution < 1.29 is 32.2 Å². The van der Waals surface area contributed by atoms with Crippen LogP contribution in [-0.4, -0.2) is 25.6 Å². The molecule has 0 bridgehead atoms. The second kappa shape index (κ2) is 7.90. The summed E-state index contributed by atoms with van der Waals surface area (Å²) in [6, 6.07) is 9.04. The molecule has 0 radical (unpaired) electrons. The van der Waals surface area contributed by atoms with Gasteiger partial charge in [-0.1, -0.05) is 17.7 Å². The number of methoxy groups -OCH3 is 1. The zero-order valence-corrected chi connectivity index (χ0v) is 14.0. The standard InChI is InChI=1S/C18H16F3NO4/c1-11-6-7-15(25-2)14(8-11)17(24)26-10-16(23)22-13-5-3-4-12(9-13)18(19,20)21/h3-9H,10H2,1-2H3,(H,22,23). The molecule has 0 fully saturated rings. The van der Waals surface area contributed by atoms with Gasteiger partial charge in [-0.25, -0.2) is 4.79 Å². The third kappa shape index (κ3) is 4.98. The van der Waals surface area contributed by atoms with E-state index in [9.17, 15) is 22.8 Å². The Morgan fingerprint density at radius 3 is 2.50 bits per heavy atom. The molecule has 26 heavy (non-hydrogen) atoms. The molecule has 2 aromatic carbocycles. The number of amides is 1. The number of halogens is 3. The highest BCUT2D eigenvalue weighted by molar-refractivity contribution is 5.97. The maximum atomic E-state index is 12.7. The summed E-state index contributed by atoms with van der Waals surface area (Å²) < 4.78 is 47.9. The number of carbonyl (C=O) groups is 2. The molecule has 0 heterocycles. The molecule has 1 amide bonds. The molecule has 0 aliphatic carbocycles. The highest BCUT2D eigenvalue weighted by atomic mass is 19.4. The van der Waals surface area contributed by atoms with Crippen molar-refractivity contribution >= 4 is 17.6 Å². The van der Waals surface area contributed by atoms with Crippen molar-refractivity contribution in [2.24, 2.45) is 0 Å². The zero-order valence-electron chi connectivity index (χ0n) is 14.0. The van der Waals surface area contributed by atoms with Gasteiger partial charge in [0.05, 0.1) is 12.7 Å². The maximum absolute atomic E-state index is 12.7. The van der Waals surface area contributed by atoms with Crippen LogP contribution < -0.4 is 10.1 Å². The molecule has 2 rings (SSSR count). The Bertz CT molecular complexity index is 818. The molecule has 8 heteroatoms. The topological polar surface area (TPSA) is 64.6 Å². The Morgan fingerprint density at radius 1 is 1.12 bits per heavy atom. The lowest BCUT2D eigenvalue weighted by atomic mass is 10.1. The number of aryl methyl sites for hydroxylation is 1. The van der Waals surface area contributed by atoms with E-state index in [0.29, 0.717) is 5.75 Å². The van der Waals surface area contributed by atoms with Crippen LogP contribution in [0, 0.1) is 6.92 Å². The van der Waals surface area contributed by atoms with Crippen molar-refractivity contribution in [1.29, 1.82) is 0 Å². The molecule has 0 aliphatic rings. The fraction of sp³-hybridized carbons (Fsp3) is 0.222. The number of anilines is 1. The minimum atomic E-state index is -4.52. The Labute approximate surface area is 147 Å². The highest BCUT2D eigenvalue weighted by Crippen LogP contribution is 2.30. The lowest BCUT2D eigenvalue weighted by Crippen LogP contribution is -2.21. The summed E-state index contributed by atoms with van der Waals surface area (Å²) in [5.41, 5.74) is 0.0105. The van der Waals surface area contributed by atoms with Gasteiger partial charge in [0.25, 0.3) is 5.91 Å². The van der Waals surface area contributed by atoms with Gasteiger partial charge in [-0.05, 0) is 37.3 Å². The number of hydrogen-bond acceptors (Lipinski definition) is 4. The SMILES string of the molecule is COc1ccc(C)cc1C(=O)OCC(=O)Nc1cccc(C(F)(F)F)c1. The monoisotopic (exact) mass is 367 g/mol. The average molecular weight is 367 g/mol. The van der Waals surface area contributed by atoms with E-state index in [1.807, 2.05) is 0 Å². The molecular weight excluding hydrogens is 351 g/mol. The smallest absolute Gasteiger partial charge is 0.416 e. The first-order chi connectivity index (χ1) is 12.2. The Kier molecular flexibility index (Phi) is 5.86. The number of esters is 1. The van der Waals surface area contributed by atoms with Crippen molar-refractivity contribution in [3.8, 4) is 5.75 Å². The summed E-state index contributed by atoms with van der Waals surface area (Å²) in [5.74, 6) is -1.24. The van der Waals surface area contributed by atoms with Crippen LogP contribution in [0.2, 0.25) is 0 Å². The summed E-state index contributed by atoms with van der Waals surface area (Å²) in [4.78, 5) is 23.9. The van der Waals surface area contributed by atoms with E-state index in [0.717, 1.165) is 17.7 Å². The number of hydrogen-bond donors (Lipinski definition) is 1. The normalized spacial score (nSPS) is 11.0. The van der Waals surface area contributed by atoms with E-state index >= 15 is 0 Å². The molecule has 0 unspecified atom stereocenters. The predicted octanol–water partition coefficient (Wildman–Crippen LogP) is 3.82. The predicted molar refractivity (Wildman–Crippen MR) is 88.1 cm³/mol. The van der Waals surface area contributed by atoms with Crippen LogP contribution in [0.5, 0.6) is 5.75 Å². The summed E-state index contributed by atoms with van der Waals surface area (Å²) in [6.07, 6.45) is -4.52. The van der Waals surface area contributed by atoms with Gasteiger partial charge in [0.2, 0.25) is 0 Å². The van der Waals surface area contributed by atoms with Crippen molar-refractivity contribution in [1.82, 2.24) is 0 Å². The first kappa shape index (κ1) is 19.3. The molecule has 1 N–H and O–H groups in total.